The highest BCUT2D eigenvalue weighted by Gasteiger charge is 2.10. The summed E-state index contributed by atoms with van der Waals surface area (Å²) in [5, 5.41) is 3.24. The molecule has 0 amide bonds. The Morgan fingerprint density at radius 3 is 2.53 bits per heavy atom. The van der Waals surface area contributed by atoms with Gasteiger partial charge < -0.3 is 5.32 Å². The largest absolute Gasteiger partial charge is 0.376 e. The summed E-state index contributed by atoms with van der Waals surface area (Å²) in [6.07, 6.45) is 1.46. The number of halogens is 4. The Labute approximate surface area is 104 Å². The van der Waals surface area contributed by atoms with Crippen LogP contribution in [0.1, 0.15) is 5.01 Å². The lowest BCUT2D eigenvalue weighted by atomic mass is 10.3. The second-order valence-corrected chi connectivity index (χ2v) is 4.90. The van der Waals surface area contributed by atoms with E-state index in [1.807, 2.05) is 0 Å². The van der Waals surface area contributed by atoms with E-state index in [0.29, 0.717) is 15.4 Å². The van der Waals surface area contributed by atoms with E-state index in [-0.39, 0.29) is 12.2 Å². The quantitative estimate of drug-likeness (QED) is 0.863. The van der Waals surface area contributed by atoms with Crippen LogP contribution in [0.5, 0.6) is 0 Å². The first kappa shape index (κ1) is 12.2. The monoisotopic (exact) mass is 278 g/mol. The Kier molecular flexibility index (Phi) is 3.54. The maximum Gasteiger partial charge on any atom is 0.161 e. The molecule has 0 radical (unpaired) electrons. The first-order valence-corrected chi connectivity index (χ1v) is 5.74. The van der Waals surface area contributed by atoms with Gasteiger partial charge in [0.1, 0.15) is 15.2 Å². The van der Waals surface area contributed by atoms with Crippen molar-refractivity contribution in [2.75, 3.05) is 5.32 Å². The SMILES string of the molecule is Fc1cc(F)c(NCc2ncc(Cl)s2)cc1F. The summed E-state index contributed by atoms with van der Waals surface area (Å²) >= 11 is 6.89. The topological polar surface area (TPSA) is 24.9 Å². The predicted octanol–water partition coefficient (Wildman–Crippen LogP) is 3.83. The minimum absolute atomic E-state index is 0.116. The van der Waals surface area contributed by atoms with Gasteiger partial charge in [-0.05, 0) is 0 Å². The van der Waals surface area contributed by atoms with Crippen LogP contribution in [0, 0.1) is 17.5 Å². The molecule has 2 nitrogen and oxygen atoms in total. The van der Waals surface area contributed by atoms with Crippen LogP contribution >= 0.6 is 22.9 Å². The molecule has 17 heavy (non-hydrogen) atoms. The summed E-state index contributed by atoms with van der Waals surface area (Å²) in [7, 11) is 0. The number of anilines is 1. The minimum atomic E-state index is -1.22. The Bertz CT molecular complexity index is 544. The van der Waals surface area contributed by atoms with Gasteiger partial charge in [-0.15, -0.1) is 11.3 Å². The molecule has 2 aromatic rings. The average molecular weight is 279 g/mol. The molecule has 7 heteroatoms. The highest BCUT2D eigenvalue weighted by Crippen LogP contribution is 2.22. The van der Waals surface area contributed by atoms with Gasteiger partial charge in [-0.1, -0.05) is 11.6 Å². The number of nitrogens with one attached hydrogen (secondary N) is 1. The van der Waals surface area contributed by atoms with E-state index in [1.165, 1.54) is 17.5 Å². The molecular weight excluding hydrogens is 273 g/mol. The number of rotatable bonds is 3. The molecule has 1 aromatic carbocycles. The van der Waals surface area contributed by atoms with Gasteiger partial charge in [0.15, 0.2) is 11.6 Å². The lowest BCUT2D eigenvalue weighted by molar-refractivity contribution is 0.496. The number of benzene rings is 1. The van der Waals surface area contributed by atoms with Crippen molar-refractivity contribution in [2.24, 2.45) is 0 Å². The Morgan fingerprint density at radius 2 is 1.88 bits per heavy atom. The van der Waals surface area contributed by atoms with Gasteiger partial charge in [0, 0.05) is 12.1 Å². The second-order valence-electron chi connectivity index (χ2n) is 3.16. The van der Waals surface area contributed by atoms with Gasteiger partial charge in [0.05, 0.1) is 18.4 Å². The van der Waals surface area contributed by atoms with E-state index in [2.05, 4.69) is 10.3 Å². The summed E-state index contributed by atoms with van der Waals surface area (Å²) < 4.78 is 39.3. The fourth-order valence-electron chi connectivity index (χ4n) is 1.20. The van der Waals surface area contributed by atoms with Gasteiger partial charge >= 0.3 is 0 Å². The molecule has 90 valence electrons. The van der Waals surface area contributed by atoms with Crippen molar-refractivity contribution >= 4 is 28.6 Å². The Morgan fingerprint density at radius 1 is 1.18 bits per heavy atom. The lowest BCUT2D eigenvalue weighted by Crippen LogP contribution is -2.02. The van der Waals surface area contributed by atoms with E-state index in [4.69, 9.17) is 11.6 Å². The predicted molar refractivity (Wildman–Crippen MR) is 60.8 cm³/mol. The van der Waals surface area contributed by atoms with Crippen molar-refractivity contribution in [1.29, 1.82) is 0 Å². The first-order chi connectivity index (χ1) is 8.06. The molecule has 1 heterocycles. The number of nitrogens with zero attached hydrogens (tertiary/aromatic N) is 1. The summed E-state index contributed by atoms with van der Waals surface area (Å²) in [4.78, 5) is 3.93. The number of aromatic nitrogens is 1. The van der Waals surface area contributed by atoms with Gasteiger partial charge in [0.25, 0.3) is 0 Å². The Balaban J connectivity index is 2.11. The molecule has 0 saturated carbocycles. The summed E-state index contributed by atoms with van der Waals surface area (Å²) in [6, 6.07) is 1.26. The van der Waals surface area contributed by atoms with E-state index < -0.39 is 17.5 Å². The zero-order valence-corrected chi connectivity index (χ0v) is 9.88. The van der Waals surface area contributed by atoms with Crippen molar-refractivity contribution in [1.82, 2.24) is 4.98 Å². The van der Waals surface area contributed by atoms with E-state index in [0.717, 1.165) is 6.07 Å². The van der Waals surface area contributed by atoms with Gasteiger partial charge in [-0.3, -0.25) is 0 Å². The summed E-state index contributed by atoms with van der Waals surface area (Å²) in [6.45, 7) is 0.194. The van der Waals surface area contributed by atoms with E-state index >= 15 is 0 Å². The molecule has 0 unspecified atom stereocenters. The molecule has 1 aromatic heterocycles. The highest BCUT2D eigenvalue weighted by atomic mass is 35.5. The van der Waals surface area contributed by atoms with Crippen LogP contribution in [0.15, 0.2) is 18.3 Å². The number of hydrogen-bond acceptors (Lipinski definition) is 3. The molecule has 0 aliphatic rings. The van der Waals surface area contributed by atoms with Crippen molar-refractivity contribution in [3.05, 3.63) is 45.1 Å². The van der Waals surface area contributed by atoms with Crippen molar-refractivity contribution in [3.8, 4) is 0 Å². The molecule has 0 spiro atoms. The molecule has 0 bridgehead atoms. The zero-order chi connectivity index (χ0) is 12.4. The van der Waals surface area contributed by atoms with Crippen LogP contribution < -0.4 is 5.32 Å². The highest BCUT2D eigenvalue weighted by molar-refractivity contribution is 7.15. The summed E-state index contributed by atoms with van der Waals surface area (Å²) in [5.74, 6) is -3.18. The molecule has 0 aliphatic carbocycles. The van der Waals surface area contributed by atoms with E-state index in [9.17, 15) is 13.2 Å². The Hall–Kier alpha value is -1.27. The smallest absolute Gasteiger partial charge is 0.161 e. The molecule has 2 rings (SSSR count). The minimum Gasteiger partial charge on any atom is -0.376 e. The fourth-order valence-corrected chi connectivity index (χ4v) is 2.09. The van der Waals surface area contributed by atoms with Crippen LogP contribution in [0.4, 0.5) is 18.9 Å². The number of hydrogen-bond donors (Lipinski definition) is 1. The lowest BCUT2D eigenvalue weighted by Gasteiger charge is -2.06. The van der Waals surface area contributed by atoms with Gasteiger partial charge in [0.2, 0.25) is 0 Å². The normalized spacial score (nSPS) is 10.6. The van der Waals surface area contributed by atoms with Crippen LogP contribution in [0.3, 0.4) is 0 Å². The van der Waals surface area contributed by atoms with Crippen molar-refractivity contribution in [3.63, 3.8) is 0 Å². The third-order valence-electron chi connectivity index (χ3n) is 1.97. The molecule has 0 atom stereocenters. The van der Waals surface area contributed by atoms with Crippen molar-refractivity contribution < 1.29 is 13.2 Å². The fraction of sp³-hybridized carbons (Fsp3) is 0.100. The van der Waals surface area contributed by atoms with Crippen LogP contribution in [0.25, 0.3) is 0 Å². The van der Waals surface area contributed by atoms with Gasteiger partial charge in [-0.2, -0.15) is 0 Å². The average Bonchev–Trinajstić information content (AvgIpc) is 2.68. The second kappa shape index (κ2) is 4.93. The van der Waals surface area contributed by atoms with Crippen LogP contribution in [0.2, 0.25) is 4.34 Å². The van der Waals surface area contributed by atoms with E-state index in [1.54, 1.807) is 0 Å². The van der Waals surface area contributed by atoms with Crippen molar-refractivity contribution in [2.45, 2.75) is 6.54 Å². The molecular formula is C10H6ClF3N2S. The third-order valence-corrected chi connectivity index (χ3v) is 3.08. The third kappa shape index (κ3) is 2.89. The zero-order valence-electron chi connectivity index (χ0n) is 8.31. The van der Waals surface area contributed by atoms with Gasteiger partial charge in [-0.25, -0.2) is 18.2 Å². The molecule has 1 N–H and O–H groups in total. The first-order valence-electron chi connectivity index (χ1n) is 4.55. The van der Waals surface area contributed by atoms with Crippen LogP contribution in [-0.4, -0.2) is 4.98 Å². The van der Waals surface area contributed by atoms with Crippen LogP contribution in [-0.2, 0) is 6.54 Å². The number of thiazole rings is 1. The maximum atomic E-state index is 13.2. The molecule has 0 fully saturated rings. The standard InChI is InChI=1S/C10H6ClF3N2S/c11-9-3-16-10(17-9)4-15-8-2-6(13)5(12)1-7(8)14/h1-3,15H,4H2. The maximum absolute atomic E-state index is 13.2. The summed E-state index contributed by atoms with van der Waals surface area (Å²) in [5.41, 5.74) is -0.116. The molecule has 0 aliphatic heterocycles. The molecule has 0 saturated heterocycles.